The van der Waals surface area contributed by atoms with Crippen LogP contribution in [0.4, 0.5) is 0 Å². The Bertz CT molecular complexity index is 194. The van der Waals surface area contributed by atoms with E-state index in [0.29, 0.717) is 12.0 Å². The Balaban J connectivity index is 1.44. The fourth-order valence-corrected chi connectivity index (χ4v) is 2.58. The van der Waals surface area contributed by atoms with Gasteiger partial charge in [0, 0.05) is 19.3 Å². The molecule has 3 N–H and O–H groups in total. The average molecular weight is 226 g/mol. The van der Waals surface area contributed by atoms with E-state index in [1.165, 1.54) is 32.1 Å². The van der Waals surface area contributed by atoms with Gasteiger partial charge in [-0.3, -0.25) is 0 Å². The summed E-state index contributed by atoms with van der Waals surface area (Å²) in [6.45, 7) is 3.85. The molecule has 0 spiro atoms. The van der Waals surface area contributed by atoms with E-state index in [1.54, 1.807) is 0 Å². The summed E-state index contributed by atoms with van der Waals surface area (Å²) in [5.41, 5.74) is 5.75. The van der Waals surface area contributed by atoms with Crippen molar-refractivity contribution in [1.82, 2.24) is 5.32 Å². The molecule has 0 aliphatic heterocycles. The minimum absolute atomic E-state index is 0.674. The van der Waals surface area contributed by atoms with Crippen molar-refractivity contribution in [2.45, 2.75) is 44.6 Å². The molecule has 0 amide bonds. The van der Waals surface area contributed by atoms with Gasteiger partial charge < -0.3 is 15.8 Å². The van der Waals surface area contributed by atoms with Crippen molar-refractivity contribution in [3.05, 3.63) is 0 Å². The van der Waals surface area contributed by atoms with Gasteiger partial charge in [-0.25, -0.2) is 0 Å². The average Bonchev–Trinajstić information content (AvgIpc) is 3.01. The Labute approximate surface area is 99.1 Å². The summed E-state index contributed by atoms with van der Waals surface area (Å²) >= 11 is 0. The van der Waals surface area contributed by atoms with Crippen LogP contribution in [0.5, 0.6) is 0 Å². The zero-order valence-corrected chi connectivity index (χ0v) is 10.3. The topological polar surface area (TPSA) is 47.3 Å². The summed E-state index contributed by atoms with van der Waals surface area (Å²) in [6, 6.07) is 0.674. The standard InChI is InChI=1S/C13H26N2O/c14-9-12-3-1-4-13(12)15-7-2-8-16-10-11-5-6-11/h11-13,15H,1-10,14H2. The van der Waals surface area contributed by atoms with E-state index in [4.69, 9.17) is 10.5 Å². The van der Waals surface area contributed by atoms with Gasteiger partial charge in [-0.1, -0.05) is 6.42 Å². The van der Waals surface area contributed by atoms with E-state index < -0.39 is 0 Å². The molecule has 2 fully saturated rings. The van der Waals surface area contributed by atoms with Crippen molar-refractivity contribution in [2.75, 3.05) is 26.3 Å². The van der Waals surface area contributed by atoms with Gasteiger partial charge in [0.2, 0.25) is 0 Å². The maximum atomic E-state index is 5.75. The third-order valence-electron chi connectivity index (χ3n) is 3.88. The van der Waals surface area contributed by atoms with Gasteiger partial charge >= 0.3 is 0 Å². The Kier molecular flexibility index (Phi) is 5.07. The fourth-order valence-electron chi connectivity index (χ4n) is 2.58. The first kappa shape index (κ1) is 12.3. The molecule has 0 heterocycles. The van der Waals surface area contributed by atoms with Crippen molar-refractivity contribution < 1.29 is 4.74 Å². The van der Waals surface area contributed by atoms with Crippen molar-refractivity contribution in [3.63, 3.8) is 0 Å². The normalized spacial score (nSPS) is 29.8. The van der Waals surface area contributed by atoms with E-state index in [2.05, 4.69) is 5.32 Å². The molecule has 0 bridgehead atoms. The molecular weight excluding hydrogens is 200 g/mol. The molecule has 2 unspecified atom stereocenters. The quantitative estimate of drug-likeness (QED) is 0.617. The third kappa shape index (κ3) is 4.04. The first-order valence-corrected chi connectivity index (χ1v) is 6.91. The van der Waals surface area contributed by atoms with Crippen LogP contribution in [0.15, 0.2) is 0 Å². The predicted molar refractivity (Wildman–Crippen MR) is 66.3 cm³/mol. The zero-order chi connectivity index (χ0) is 11.2. The molecule has 2 aliphatic rings. The number of nitrogens with two attached hydrogens (primary N) is 1. The number of hydrogen-bond acceptors (Lipinski definition) is 3. The maximum Gasteiger partial charge on any atom is 0.0494 e. The van der Waals surface area contributed by atoms with Crippen molar-refractivity contribution in [3.8, 4) is 0 Å². The third-order valence-corrected chi connectivity index (χ3v) is 3.88. The van der Waals surface area contributed by atoms with Gasteiger partial charge in [0.25, 0.3) is 0 Å². The van der Waals surface area contributed by atoms with Crippen LogP contribution < -0.4 is 11.1 Å². The second-order valence-corrected chi connectivity index (χ2v) is 5.36. The van der Waals surface area contributed by atoms with Gasteiger partial charge in [0.1, 0.15) is 0 Å². The van der Waals surface area contributed by atoms with Crippen LogP contribution >= 0.6 is 0 Å². The molecule has 0 aromatic rings. The Morgan fingerprint density at radius 3 is 2.81 bits per heavy atom. The van der Waals surface area contributed by atoms with E-state index >= 15 is 0 Å². The zero-order valence-electron chi connectivity index (χ0n) is 10.3. The summed E-state index contributed by atoms with van der Waals surface area (Å²) in [7, 11) is 0. The fraction of sp³-hybridized carbons (Fsp3) is 1.00. The smallest absolute Gasteiger partial charge is 0.0494 e. The molecule has 0 radical (unpaired) electrons. The highest BCUT2D eigenvalue weighted by molar-refractivity contribution is 4.83. The molecular formula is C13H26N2O. The van der Waals surface area contributed by atoms with E-state index in [0.717, 1.165) is 38.6 Å². The van der Waals surface area contributed by atoms with Crippen LogP contribution in [-0.2, 0) is 4.74 Å². The van der Waals surface area contributed by atoms with Gasteiger partial charge in [0.15, 0.2) is 0 Å². The minimum Gasteiger partial charge on any atom is -0.381 e. The molecule has 3 heteroatoms. The van der Waals surface area contributed by atoms with E-state index in [9.17, 15) is 0 Å². The lowest BCUT2D eigenvalue weighted by atomic mass is 10.0. The molecule has 2 rings (SSSR count). The van der Waals surface area contributed by atoms with Crippen molar-refractivity contribution in [2.24, 2.45) is 17.6 Å². The molecule has 16 heavy (non-hydrogen) atoms. The lowest BCUT2D eigenvalue weighted by molar-refractivity contribution is 0.121. The Hall–Kier alpha value is -0.120. The van der Waals surface area contributed by atoms with Gasteiger partial charge in [-0.05, 0) is 57.0 Å². The monoisotopic (exact) mass is 226 g/mol. The van der Waals surface area contributed by atoms with Crippen LogP contribution in [0.25, 0.3) is 0 Å². The van der Waals surface area contributed by atoms with Gasteiger partial charge in [-0.15, -0.1) is 0 Å². The lowest BCUT2D eigenvalue weighted by Crippen LogP contribution is -2.36. The molecule has 2 saturated carbocycles. The highest BCUT2D eigenvalue weighted by Crippen LogP contribution is 2.28. The van der Waals surface area contributed by atoms with Gasteiger partial charge in [-0.2, -0.15) is 0 Å². The molecule has 94 valence electrons. The molecule has 3 nitrogen and oxygen atoms in total. The Morgan fingerprint density at radius 2 is 2.06 bits per heavy atom. The summed E-state index contributed by atoms with van der Waals surface area (Å²) in [4.78, 5) is 0. The van der Waals surface area contributed by atoms with Gasteiger partial charge in [0.05, 0.1) is 0 Å². The summed E-state index contributed by atoms with van der Waals surface area (Å²) in [6.07, 6.45) is 7.88. The predicted octanol–water partition coefficient (Wildman–Crippen LogP) is 1.52. The largest absolute Gasteiger partial charge is 0.381 e. The summed E-state index contributed by atoms with van der Waals surface area (Å²) < 4.78 is 5.61. The van der Waals surface area contributed by atoms with Crippen LogP contribution in [0.1, 0.15) is 38.5 Å². The number of nitrogens with one attached hydrogen (secondary N) is 1. The Morgan fingerprint density at radius 1 is 1.19 bits per heavy atom. The molecule has 0 aromatic carbocycles. The molecule has 0 saturated heterocycles. The lowest BCUT2D eigenvalue weighted by Gasteiger charge is -2.19. The SMILES string of the molecule is NCC1CCCC1NCCCOCC1CC1. The minimum atomic E-state index is 0.674. The number of ether oxygens (including phenoxy) is 1. The first-order valence-electron chi connectivity index (χ1n) is 6.91. The second-order valence-electron chi connectivity index (χ2n) is 5.36. The van der Waals surface area contributed by atoms with Crippen LogP contribution in [0, 0.1) is 11.8 Å². The first-order chi connectivity index (χ1) is 7.90. The van der Waals surface area contributed by atoms with E-state index in [-0.39, 0.29) is 0 Å². The van der Waals surface area contributed by atoms with E-state index in [1.807, 2.05) is 0 Å². The van der Waals surface area contributed by atoms with Crippen LogP contribution in [0.3, 0.4) is 0 Å². The highest BCUT2D eigenvalue weighted by atomic mass is 16.5. The number of rotatable bonds is 8. The van der Waals surface area contributed by atoms with Crippen molar-refractivity contribution >= 4 is 0 Å². The second kappa shape index (κ2) is 6.58. The van der Waals surface area contributed by atoms with Crippen molar-refractivity contribution in [1.29, 1.82) is 0 Å². The summed E-state index contributed by atoms with van der Waals surface area (Å²) in [5, 5.41) is 3.63. The van der Waals surface area contributed by atoms with Crippen LogP contribution in [-0.4, -0.2) is 32.3 Å². The maximum absolute atomic E-state index is 5.75. The molecule has 2 atom stereocenters. The summed E-state index contributed by atoms with van der Waals surface area (Å²) in [5.74, 6) is 1.61. The molecule has 0 aromatic heterocycles. The van der Waals surface area contributed by atoms with Crippen LogP contribution in [0.2, 0.25) is 0 Å². The number of hydrogen-bond donors (Lipinski definition) is 2. The molecule has 2 aliphatic carbocycles. The highest BCUT2D eigenvalue weighted by Gasteiger charge is 2.25.